The van der Waals surface area contributed by atoms with E-state index in [4.69, 9.17) is 16.3 Å². The van der Waals surface area contributed by atoms with Gasteiger partial charge in [-0.3, -0.25) is 4.79 Å². The Labute approximate surface area is 162 Å². The Morgan fingerprint density at radius 3 is 2.33 bits per heavy atom. The summed E-state index contributed by atoms with van der Waals surface area (Å²) >= 11 is 5.82. The van der Waals surface area contributed by atoms with E-state index in [0.717, 1.165) is 0 Å². The van der Waals surface area contributed by atoms with Crippen LogP contribution in [0.15, 0.2) is 53.4 Å². The Balaban J connectivity index is 1.81. The van der Waals surface area contributed by atoms with Crippen molar-refractivity contribution in [3.05, 3.63) is 64.7 Å². The topological polar surface area (TPSA) is 80.8 Å². The van der Waals surface area contributed by atoms with E-state index < -0.39 is 21.1 Å². The lowest BCUT2D eigenvalue weighted by Gasteiger charge is -2.18. The maximum Gasteiger partial charge on any atom is 0.338 e. The molecule has 0 radical (unpaired) electrons. The number of ether oxygens (including phenoxy) is 1. The number of likely N-dealkylation sites (tertiary alicyclic amines) is 1. The second-order valence-electron chi connectivity index (χ2n) is 6.20. The van der Waals surface area contributed by atoms with Gasteiger partial charge in [0.1, 0.15) is 0 Å². The van der Waals surface area contributed by atoms with Crippen molar-refractivity contribution in [2.75, 3.05) is 20.2 Å². The number of methoxy groups -OCH3 is 1. The van der Waals surface area contributed by atoms with Crippen LogP contribution in [0.2, 0.25) is 5.02 Å². The summed E-state index contributed by atoms with van der Waals surface area (Å²) in [6.45, 7) is 0.366. The molecule has 27 heavy (non-hydrogen) atoms. The number of sulfone groups is 1. The molecule has 0 spiro atoms. The summed E-state index contributed by atoms with van der Waals surface area (Å²) in [5.74, 6) is -0.992. The van der Waals surface area contributed by atoms with E-state index in [2.05, 4.69) is 0 Å². The number of esters is 1. The molecule has 0 bridgehead atoms. The van der Waals surface area contributed by atoms with Crippen LogP contribution < -0.4 is 0 Å². The molecule has 2 aromatic rings. The van der Waals surface area contributed by atoms with Gasteiger partial charge in [-0.1, -0.05) is 23.7 Å². The third-order valence-corrected chi connectivity index (χ3v) is 7.02. The first-order valence-corrected chi connectivity index (χ1v) is 10.2. The number of nitrogens with zero attached hydrogens (tertiary/aromatic N) is 1. The highest BCUT2D eigenvalue weighted by molar-refractivity contribution is 7.92. The average molecular weight is 408 g/mol. The fourth-order valence-corrected chi connectivity index (χ4v) is 4.93. The number of rotatable bonds is 4. The number of carbonyl (C=O) groups is 2. The van der Waals surface area contributed by atoms with Crippen molar-refractivity contribution in [3.63, 3.8) is 0 Å². The molecular formula is C19H18ClNO5S. The lowest BCUT2D eigenvalue weighted by atomic mass is 10.1. The van der Waals surface area contributed by atoms with Crippen LogP contribution in [0, 0.1) is 0 Å². The summed E-state index contributed by atoms with van der Waals surface area (Å²) in [6, 6.07) is 12.3. The average Bonchev–Trinajstić information content (AvgIpc) is 3.18. The van der Waals surface area contributed by atoms with Crippen LogP contribution in [0.1, 0.15) is 27.1 Å². The van der Waals surface area contributed by atoms with Crippen molar-refractivity contribution in [3.8, 4) is 0 Å². The summed E-state index contributed by atoms with van der Waals surface area (Å²) in [4.78, 5) is 26.4. The highest BCUT2D eigenvalue weighted by atomic mass is 35.5. The molecule has 1 heterocycles. The molecule has 1 amide bonds. The molecule has 142 valence electrons. The summed E-state index contributed by atoms with van der Waals surface area (Å²) in [5, 5.41) is -0.246. The van der Waals surface area contributed by atoms with Gasteiger partial charge in [-0.2, -0.15) is 0 Å². The predicted molar refractivity (Wildman–Crippen MR) is 101 cm³/mol. The molecule has 1 aliphatic heterocycles. The maximum atomic E-state index is 12.8. The van der Waals surface area contributed by atoms with Gasteiger partial charge in [0.05, 0.1) is 28.4 Å². The number of halogens is 1. The molecule has 1 atom stereocenters. The first-order chi connectivity index (χ1) is 12.8. The summed E-state index contributed by atoms with van der Waals surface area (Å²) in [6.07, 6.45) is 0.330. The molecule has 3 rings (SSSR count). The van der Waals surface area contributed by atoms with Gasteiger partial charge in [-0.05, 0) is 42.8 Å². The van der Waals surface area contributed by atoms with Gasteiger partial charge in [0.2, 0.25) is 0 Å². The second-order valence-corrected chi connectivity index (χ2v) is 8.86. The van der Waals surface area contributed by atoms with Crippen LogP contribution in [0.3, 0.4) is 0 Å². The molecule has 1 fully saturated rings. The van der Waals surface area contributed by atoms with Gasteiger partial charge in [0.15, 0.2) is 9.84 Å². The lowest BCUT2D eigenvalue weighted by molar-refractivity contribution is 0.0592. The highest BCUT2D eigenvalue weighted by Gasteiger charge is 2.37. The summed E-state index contributed by atoms with van der Waals surface area (Å²) in [7, 11) is -2.34. The fourth-order valence-electron chi connectivity index (χ4n) is 3.11. The zero-order chi connectivity index (χ0) is 19.6. The van der Waals surface area contributed by atoms with Gasteiger partial charge in [-0.25, -0.2) is 13.2 Å². The normalized spacial score (nSPS) is 17.0. The molecule has 0 aromatic heterocycles. The number of amides is 1. The standard InChI is InChI=1S/C19H18ClNO5S/c1-26-19(23)17-5-3-2-4-16(17)18(22)21-11-10-15(12-21)27(24,25)14-8-6-13(20)7-9-14/h2-9,15H,10-12H2,1H3/t15-/m1/s1. The van der Waals surface area contributed by atoms with Crippen LogP contribution in [-0.4, -0.2) is 50.6 Å². The molecular weight excluding hydrogens is 390 g/mol. The van der Waals surface area contributed by atoms with Crippen LogP contribution in [-0.2, 0) is 14.6 Å². The van der Waals surface area contributed by atoms with Gasteiger partial charge >= 0.3 is 5.97 Å². The maximum absolute atomic E-state index is 12.8. The van der Waals surface area contributed by atoms with E-state index in [1.54, 1.807) is 12.1 Å². The number of carbonyl (C=O) groups excluding carboxylic acids is 2. The predicted octanol–water partition coefficient (Wildman–Crippen LogP) is 2.82. The van der Waals surface area contributed by atoms with Gasteiger partial charge in [-0.15, -0.1) is 0 Å². The number of hydrogen-bond donors (Lipinski definition) is 0. The summed E-state index contributed by atoms with van der Waals surface area (Å²) in [5.41, 5.74) is 0.364. The van der Waals surface area contributed by atoms with Crippen LogP contribution in [0.5, 0.6) is 0 Å². The first kappa shape index (κ1) is 19.4. The van der Waals surface area contributed by atoms with E-state index >= 15 is 0 Å². The molecule has 6 nitrogen and oxygen atoms in total. The van der Waals surface area contributed by atoms with E-state index in [1.165, 1.54) is 48.4 Å². The van der Waals surface area contributed by atoms with Crippen LogP contribution >= 0.6 is 11.6 Å². The molecule has 2 aromatic carbocycles. The van der Waals surface area contributed by atoms with Gasteiger partial charge in [0.25, 0.3) is 5.91 Å². The Hall–Kier alpha value is -2.38. The molecule has 0 N–H and O–H groups in total. The quantitative estimate of drug-likeness (QED) is 0.728. The third-order valence-electron chi connectivity index (χ3n) is 4.58. The van der Waals surface area contributed by atoms with Crippen molar-refractivity contribution in [2.45, 2.75) is 16.6 Å². The lowest BCUT2D eigenvalue weighted by Crippen LogP contribution is -2.33. The zero-order valence-corrected chi connectivity index (χ0v) is 16.2. The number of benzene rings is 2. The minimum absolute atomic E-state index is 0.0688. The molecule has 0 aliphatic carbocycles. The molecule has 0 saturated carbocycles. The van der Waals surface area contributed by atoms with Crippen molar-refractivity contribution in [1.82, 2.24) is 4.90 Å². The largest absolute Gasteiger partial charge is 0.465 e. The Bertz CT molecular complexity index is 972. The molecule has 1 aliphatic rings. The third kappa shape index (κ3) is 3.84. The molecule has 0 unspecified atom stereocenters. The Morgan fingerprint density at radius 2 is 1.70 bits per heavy atom. The van der Waals surface area contributed by atoms with Gasteiger partial charge < -0.3 is 9.64 Å². The minimum atomic E-state index is -3.58. The van der Waals surface area contributed by atoms with Crippen molar-refractivity contribution < 1.29 is 22.7 Å². The smallest absolute Gasteiger partial charge is 0.338 e. The van der Waals surface area contributed by atoms with Crippen molar-refractivity contribution >= 4 is 33.3 Å². The van der Waals surface area contributed by atoms with E-state index in [-0.39, 0.29) is 28.5 Å². The van der Waals surface area contributed by atoms with E-state index in [9.17, 15) is 18.0 Å². The first-order valence-electron chi connectivity index (χ1n) is 8.30. The SMILES string of the molecule is COC(=O)c1ccccc1C(=O)N1CC[C@@H](S(=O)(=O)c2ccc(Cl)cc2)C1. The van der Waals surface area contributed by atoms with E-state index in [0.29, 0.717) is 18.0 Å². The minimum Gasteiger partial charge on any atom is -0.465 e. The van der Waals surface area contributed by atoms with Crippen LogP contribution in [0.25, 0.3) is 0 Å². The van der Waals surface area contributed by atoms with Crippen molar-refractivity contribution in [2.24, 2.45) is 0 Å². The van der Waals surface area contributed by atoms with Gasteiger partial charge in [0, 0.05) is 18.1 Å². The Morgan fingerprint density at radius 1 is 1.07 bits per heavy atom. The molecule has 1 saturated heterocycles. The monoisotopic (exact) mass is 407 g/mol. The zero-order valence-electron chi connectivity index (χ0n) is 14.6. The fraction of sp³-hybridized carbons (Fsp3) is 0.263. The van der Waals surface area contributed by atoms with Crippen LogP contribution in [0.4, 0.5) is 0 Å². The highest BCUT2D eigenvalue weighted by Crippen LogP contribution is 2.26. The second kappa shape index (κ2) is 7.70. The van der Waals surface area contributed by atoms with Crippen molar-refractivity contribution in [1.29, 1.82) is 0 Å². The Kier molecular flexibility index (Phi) is 5.53. The van der Waals surface area contributed by atoms with E-state index in [1.807, 2.05) is 0 Å². The summed E-state index contributed by atoms with van der Waals surface area (Å²) < 4.78 is 30.3. The molecule has 8 heteroatoms. The number of hydrogen-bond acceptors (Lipinski definition) is 5.